The van der Waals surface area contributed by atoms with Crippen molar-refractivity contribution >= 4 is 11.5 Å². The largest absolute Gasteiger partial charge is 0.370 e. The zero-order chi connectivity index (χ0) is 18.1. The van der Waals surface area contributed by atoms with E-state index in [2.05, 4.69) is 15.3 Å². The van der Waals surface area contributed by atoms with Crippen molar-refractivity contribution in [2.24, 2.45) is 0 Å². The van der Waals surface area contributed by atoms with Crippen LogP contribution in [0.1, 0.15) is 24.0 Å². The number of nitrogens with zero attached hydrogens (tertiary/aromatic N) is 5. The van der Waals surface area contributed by atoms with Gasteiger partial charge in [-0.05, 0) is 31.7 Å². The molecule has 0 bridgehead atoms. The molecule has 2 aromatic heterocycles. The zero-order valence-electron chi connectivity index (χ0n) is 14.3. The zero-order valence-corrected chi connectivity index (χ0v) is 14.3. The molecule has 3 aromatic rings. The van der Waals surface area contributed by atoms with Crippen LogP contribution in [0.5, 0.6) is 0 Å². The normalized spacial score (nSPS) is 13.6. The number of nitro groups is 1. The van der Waals surface area contributed by atoms with Crippen LogP contribution >= 0.6 is 0 Å². The third kappa shape index (κ3) is 2.79. The number of anilines is 1. The van der Waals surface area contributed by atoms with Crippen molar-refractivity contribution < 1.29 is 4.92 Å². The molecule has 0 spiro atoms. The topological polar surface area (TPSA) is 98.8 Å². The quantitative estimate of drug-likeness (QED) is 0.575. The lowest BCUT2D eigenvalue weighted by atomic mass is 10.1. The highest BCUT2D eigenvalue weighted by Gasteiger charge is 2.24. The fraction of sp³-hybridized carbons (Fsp3) is 0.278. The lowest BCUT2D eigenvalue weighted by Gasteiger charge is -2.11. The SMILES string of the molecule is Cc1ccc([N+](=O)[O-])cc1-n1nc(-c2cnccn2)c2c1NCCCC2. The van der Waals surface area contributed by atoms with Crippen molar-refractivity contribution in [1.82, 2.24) is 19.7 Å². The first kappa shape index (κ1) is 16.2. The Hall–Kier alpha value is -3.29. The third-order valence-corrected chi connectivity index (χ3v) is 4.57. The van der Waals surface area contributed by atoms with Gasteiger partial charge in [-0.3, -0.25) is 20.1 Å². The first-order valence-electron chi connectivity index (χ1n) is 8.52. The lowest BCUT2D eigenvalue weighted by molar-refractivity contribution is -0.384. The first-order valence-corrected chi connectivity index (χ1v) is 8.52. The molecular weight excluding hydrogens is 332 g/mol. The fourth-order valence-electron chi connectivity index (χ4n) is 3.24. The fourth-order valence-corrected chi connectivity index (χ4v) is 3.24. The monoisotopic (exact) mass is 350 g/mol. The summed E-state index contributed by atoms with van der Waals surface area (Å²) < 4.78 is 1.77. The van der Waals surface area contributed by atoms with E-state index in [4.69, 9.17) is 5.10 Å². The number of benzene rings is 1. The van der Waals surface area contributed by atoms with Crippen LogP contribution in [0.3, 0.4) is 0 Å². The van der Waals surface area contributed by atoms with E-state index < -0.39 is 0 Å². The Morgan fingerprint density at radius 1 is 1.27 bits per heavy atom. The Morgan fingerprint density at radius 2 is 2.15 bits per heavy atom. The summed E-state index contributed by atoms with van der Waals surface area (Å²) in [4.78, 5) is 19.4. The lowest BCUT2D eigenvalue weighted by Crippen LogP contribution is -2.08. The molecule has 0 aliphatic carbocycles. The molecule has 3 heterocycles. The van der Waals surface area contributed by atoms with Crippen LogP contribution in [0, 0.1) is 17.0 Å². The average Bonchev–Trinajstić information content (AvgIpc) is 2.84. The molecule has 8 nitrogen and oxygen atoms in total. The number of aromatic nitrogens is 4. The van der Waals surface area contributed by atoms with Gasteiger partial charge in [0.2, 0.25) is 0 Å². The van der Waals surface area contributed by atoms with Crippen LogP contribution < -0.4 is 5.32 Å². The van der Waals surface area contributed by atoms with Crippen molar-refractivity contribution in [3.8, 4) is 17.1 Å². The molecule has 4 rings (SSSR count). The molecule has 0 saturated carbocycles. The van der Waals surface area contributed by atoms with Gasteiger partial charge in [0.05, 0.1) is 16.8 Å². The Kier molecular flexibility index (Phi) is 4.08. The molecule has 0 saturated heterocycles. The van der Waals surface area contributed by atoms with Crippen molar-refractivity contribution in [2.75, 3.05) is 11.9 Å². The highest BCUT2D eigenvalue weighted by Crippen LogP contribution is 2.34. The predicted octanol–water partition coefficient (Wildman–Crippen LogP) is 3.29. The molecule has 0 fully saturated rings. The molecule has 132 valence electrons. The maximum absolute atomic E-state index is 11.2. The van der Waals surface area contributed by atoms with Gasteiger partial charge < -0.3 is 5.32 Å². The molecule has 1 aromatic carbocycles. The molecule has 1 N–H and O–H groups in total. The first-order chi connectivity index (χ1) is 12.6. The summed E-state index contributed by atoms with van der Waals surface area (Å²) in [6.45, 7) is 2.76. The maximum atomic E-state index is 11.2. The number of hydrogen-bond acceptors (Lipinski definition) is 6. The summed E-state index contributed by atoms with van der Waals surface area (Å²) in [5.74, 6) is 0.881. The highest BCUT2D eigenvalue weighted by molar-refractivity contribution is 5.69. The predicted molar refractivity (Wildman–Crippen MR) is 97.4 cm³/mol. The molecule has 8 heteroatoms. The van der Waals surface area contributed by atoms with Gasteiger partial charge in [-0.15, -0.1) is 0 Å². The number of fused-ring (bicyclic) bond motifs is 1. The molecular formula is C18H18N6O2. The minimum atomic E-state index is -0.387. The minimum Gasteiger partial charge on any atom is -0.370 e. The van der Waals surface area contributed by atoms with Gasteiger partial charge >= 0.3 is 0 Å². The number of rotatable bonds is 3. The number of nitro benzene ring substituents is 1. The van der Waals surface area contributed by atoms with E-state index in [0.717, 1.165) is 48.4 Å². The molecule has 0 unspecified atom stereocenters. The Bertz CT molecular complexity index is 967. The van der Waals surface area contributed by atoms with E-state index in [0.29, 0.717) is 11.4 Å². The van der Waals surface area contributed by atoms with E-state index >= 15 is 0 Å². The highest BCUT2D eigenvalue weighted by atomic mass is 16.6. The van der Waals surface area contributed by atoms with Crippen molar-refractivity contribution in [3.05, 3.63) is 58.0 Å². The smallest absolute Gasteiger partial charge is 0.271 e. The van der Waals surface area contributed by atoms with Gasteiger partial charge in [0.25, 0.3) is 5.69 Å². The van der Waals surface area contributed by atoms with Crippen LogP contribution in [-0.4, -0.2) is 31.2 Å². The second-order valence-electron chi connectivity index (χ2n) is 6.29. The van der Waals surface area contributed by atoms with Crippen LogP contribution in [-0.2, 0) is 6.42 Å². The summed E-state index contributed by atoms with van der Waals surface area (Å²) >= 11 is 0. The van der Waals surface area contributed by atoms with Crippen LogP contribution in [0.25, 0.3) is 17.1 Å². The van der Waals surface area contributed by atoms with E-state index in [-0.39, 0.29) is 10.6 Å². The van der Waals surface area contributed by atoms with Gasteiger partial charge in [-0.1, -0.05) is 6.07 Å². The Balaban J connectivity index is 1.94. The molecule has 1 aliphatic heterocycles. The van der Waals surface area contributed by atoms with Gasteiger partial charge in [0, 0.05) is 36.6 Å². The summed E-state index contributed by atoms with van der Waals surface area (Å²) in [5.41, 5.74) is 4.21. The standard InChI is InChI=1S/C18H18N6O2/c1-12-5-6-13(24(25)26)10-16(12)23-18-14(4-2-3-7-21-18)17(22-23)15-11-19-8-9-20-15/h5-6,8-11,21H,2-4,7H2,1H3. The number of hydrogen-bond donors (Lipinski definition) is 1. The van der Waals surface area contributed by atoms with E-state index in [1.165, 1.54) is 6.07 Å². The molecule has 0 radical (unpaired) electrons. The van der Waals surface area contributed by atoms with Gasteiger partial charge in [0.1, 0.15) is 17.2 Å². The summed E-state index contributed by atoms with van der Waals surface area (Å²) in [6.07, 6.45) is 7.95. The average molecular weight is 350 g/mol. The third-order valence-electron chi connectivity index (χ3n) is 4.57. The number of nitrogens with one attached hydrogen (secondary N) is 1. The van der Waals surface area contributed by atoms with Crippen LogP contribution in [0.15, 0.2) is 36.8 Å². The molecule has 0 atom stereocenters. The minimum absolute atomic E-state index is 0.0459. The van der Waals surface area contributed by atoms with Crippen molar-refractivity contribution in [2.45, 2.75) is 26.2 Å². The maximum Gasteiger partial charge on any atom is 0.271 e. The summed E-state index contributed by atoms with van der Waals surface area (Å²) in [7, 11) is 0. The summed E-state index contributed by atoms with van der Waals surface area (Å²) in [5, 5.41) is 19.4. The number of non-ortho nitro benzene ring substituents is 1. The van der Waals surface area contributed by atoms with Crippen molar-refractivity contribution in [3.63, 3.8) is 0 Å². The molecule has 1 aliphatic rings. The van der Waals surface area contributed by atoms with Gasteiger partial charge in [-0.2, -0.15) is 5.10 Å². The van der Waals surface area contributed by atoms with Crippen molar-refractivity contribution in [1.29, 1.82) is 0 Å². The number of aryl methyl sites for hydroxylation is 1. The van der Waals surface area contributed by atoms with Gasteiger partial charge in [0.15, 0.2) is 0 Å². The van der Waals surface area contributed by atoms with Gasteiger partial charge in [-0.25, -0.2) is 4.68 Å². The molecule has 0 amide bonds. The van der Waals surface area contributed by atoms with Crippen LogP contribution in [0.4, 0.5) is 11.5 Å². The van der Waals surface area contributed by atoms with E-state index in [1.807, 2.05) is 6.92 Å². The second kappa shape index (κ2) is 6.55. The summed E-state index contributed by atoms with van der Waals surface area (Å²) in [6, 6.07) is 4.83. The van der Waals surface area contributed by atoms with E-state index in [1.54, 1.807) is 35.4 Å². The van der Waals surface area contributed by atoms with Crippen LogP contribution in [0.2, 0.25) is 0 Å². The van der Waals surface area contributed by atoms with E-state index in [9.17, 15) is 10.1 Å². The molecule has 26 heavy (non-hydrogen) atoms. The second-order valence-corrected chi connectivity index (χ2v) is 6.29. The Morgan fingerprint density at radius 3 is 2.92 bits per heavy atom. The Labute approximate surface area is 150 Å².